The number of aliphatic carboxylic acids is 1. The van der Waals surface area contributed by atoms with Crippen LogP contribution >= 0.6 is 23.2 Å². The van der Waals surface area contributed by atoms with Gasteiger partial charge in [-0.1, -0.05) is 37.0 Å². The molecule has 21 heavy (non-hydrogen) atoms. The number of rotatable bonds is 6. The Kier molecular flexibility index (Phi) is 6.58. The molecule has 0 aliphatic carbocycles. The smallest absolute Gasteiger partial charge is 0.326 e. The highest BCUT2D eigenvalue weighted by Gasteiger charge is 2.23. The summed E-state index contributed by atoms with van der Waals surface area (Å²) in [5.74, 6) is -0.971. The summed E-state index contributed by atoms with van der Waals surface area (Å²) in [5.41, 5.74) is 0. The lowest BCUT2D eigenvalue weighted by Crippen LogP contribution is -2.49. The van der Waals surface area contributed by atoms with Gasteiger partial charge in [0.25, 0.3) is 0 Å². The number of halogens is 2. The highest BCUT2D eigenvalue weighted by atomic mass is 35.5. The summed E-state index contributed by atoms with van der Waals surface area (Å²) in [7, 11) is 0. The number of hydrogen-bond acceptors (Lipinski definition) is 3. The van der Waals surface area contributed by atoms with Gasteiger partial charge in [0.15, 0.2) is 6.73 Å². The lowest BCUT2D eigenvalue weighted by Gasteiger charge is -2.18. The van der Waals surface area contributed by atoms with E-state index >= 15 is 0 Å². The Morgan fingerprint density at radius 2 is 2.00 bits per heavy atom. The normalized spacial score (nSPS) is 11.9. The first-order valence-electron chi connectivity index (χ1n) is 6.16. The zero-order valence-electron chi connectivity index (χ0n) is 11.5. The van der Waals surface area contributed by atoms with Crippen molar-refractivity contribution in [1.82, 2.24) is 10.6 Å². The summed E-state index contributed by atoms with van der Waals surface area (Å²) in [5, 5.41) is 14.5. The zero-order chi connectivity index (χ0) is 16.0. The van der Waals surface area contributed by atoms with E-state index in [1.807, 2.05) is 0 Å². The molecule has 116 valence electrons. The first-order valence-corrected chi connectivity index (χ1v) is 6.92. The number of amides is 2. The second-order valence-corrected chi connectivity index (χ2v) is 5.42. The van der Waals surface area contributed by atoms with Gasteiger partial charge in [-0.15, -0.1) is 0 Å². The average Bonchev–Trinajstić information content (AvgIpc) is 2.37. The van der Waals surface area contributed by atoms with Crippen molar-refractivity contribution in [2.75, 3.05) is 6.73 Å². The molecule has 8 heteroatoms. The number of nitrogens with one attached hydrogen (secondary N) is 2. The molecule has 0 bridgehead atoms. The van der Waals surface area contributed by atoms with Crippen molar-refractivity contribution in [3.8, 4) is 5.75 Å². The number of carboxylic acid groups (broad SMARTS) is 1. The number of urea groups is 1. The Labute approximate surface area is 132 Å². The first-order chi connectivity index (χ1) is 9.81. The molecule has 1 aromatic rings. The highest BCUT2D eigenvalue weighted by Crippen LogP contribution is 2.27. The minimum atomic E-state index is -1.10. The monoisotopic (exact) mass is 334 g/mol. The zero-order valence-corrected chi connectivity index (χ0v) is 13.0. The maximum atomic E-state index is 11.6. The number of benzene rings is 1. The summed E-state index contributed by atoms with van der Waals surface area (Å²) < 4.78 is 5.26. The van der Waals surface area contributed by atoms with Gasteiger partial charge in [0.1, 0.15) is 11.8 Å². The third kappa shape index (κ3) is 5.69. The van der Waals surface area contributed by atoms with Gasteiger partial charge in [-0.2, -0.15) is 0 Å². The van der Waals surface area contributed by atoms with Crippen LogP contribution in [0.5, 0.6) is 5.75 Å². The third-order valence-corrected chi connectivity index (χ3v) is 3.10. The van der Waals surface area contributed by atoms with Gasteiger partial charge in [0.05, 0.1) is 5.02 Å². The molecule has 0 aliphatic rings. The Morgan fingerprint density at radius 3 is 2.52 bits per heavy atom. The van der Waals surface area contributed by atoms with Gasteiger partial charge in [-0.3, -0.25) is 0 Å². The maximum Gasteiger partial charge on any atom is 0.326 e. The summed E-state index contributed by atoms with van der Waals surface area (Å²) in [6, 6.07) is 3.07. The number of hydrogen-bond donors (Lipinski definition) is 3. The average molecular weight is 335 g/mol. The lowest BCUT2D eigenvalue weighted by atomic mass is 10.1. The second-order valence-electron chi connectivity index (χ2n) is 4.57. The van der Waals surface area contributed by atoms with E-state index in [0.717, 1.165) is 0 Å². The topological polar surface area (TPSA) is 87.7 Å². The predicted octanol–water partition coefficient (Wildman–Crippen LogP) is 2.74. The van der Waals surface area contributed by atoms with Gasteiger partial charge >= 0.3 is 12.0 Å². The second kappa shape index (κ2) is 7.95. The van der Waals surface area contributed by atoms with Crippen LogP contribution < -0.4 is 15.4 Å². The molecular weight excluding hydrogens is 319 g/mol. The molecule has 0 aliphatic heterocycles. The lowest BCUT2D eigenvalue weighted by molar-refractivity contribution is -0.140. The fourth-order valence-corrected chi connectivity index (χ4v) is 1.94. The van der Waals surface area contributed by atoms with Crippen LogP contribution in [0, 0.1) is 5.92 Å². The first kappa shape index (κ1) is 17.4. The van der Waals surface area contributed by atoms with Gasteiger partial charge in [-0.25, -0.2) is 9.59 Å². The van der Waals surface area contributed by atoms with Crippen molar-refractivity contribution < 1.29 is 19.4 Å². The van der Waals surface area contributed by atoms with Crippen LogP contribution in [0.3, 0.4) is 0 Å². The molecule has 1 rings (SSSR count). The molecule has 1 unspecified atom stereocenters. The van der Waals surface area contributed by atoms with Crippen LogP contribution in [0.1, 0.15) is 13.8 Å². The Balaban J connectivity index is 2.44. The minimum Gasteiger partial charge on any atom is -0.480 e. The Morgan fingerprint density at radius 1 is 1.33 bits per heavy atom. The quantitative estimate of drug-likeness (QED) is 0.698. The molecule has 6 nitrogen and oxygen atoms in total. The van der Waals surface area contributed by atoms with Gasteiger partial charge in [0.2, 0.25) is 0 Å². The number of ether oxygens (including phenoxy) is 1. The molecule has 0 aromatic heterocycles. The third-order valence-electron chi connectivity index (χ3n) is 2.57. The molecule has 0 radical (unpaired) electrons. The van der Waals surface area contributed by atoms with Crippen LogP contribution in [-0.4, -0.2) is 29.9 Å². The van der Waals surface area contributed by atoms with Crippen molar-refractivity contribution in [3.63, 3.8) is 0 Å². The van der Waals surface area contributed by atoms with E-state index in [1.54, 1.807) is 26.0 Å². The van der Waals surface area contributed by atoms with E-state index in [9.17, 15) is 9.59 Å². The number of carbonyl (C=O) groups excluding carboxylic acids is 1. The molecule has 0 heterocycles. The van der Waals surface area contributed by atoms with E-state index in [-0.39, 0.29) is 12.6 Å². The van der Waals surface area contributed by atoms with E-state index in [2.05, 4.69) is 10.6 Å². The van der Waals surface area contributed by atoms with Crippen LogP contribution in [0.4, 0.5) is 4.79 Å². The molecule has 3 N–H and O–H groups in total. The van der Waals surface area contributed by atoms with Crippen LogP contribution in [0.25, 0.3) is 0 Å². The van der Waals surface area contributed by atoms with Gasteiger partial charge in [0, 0.05) is 5.02 Å². The summed E-state index contributed by atoms with van der Waals surface area (Å²) in [6.45, 7) is 3.24. The largest absolute Gasteiger partial charge is 0.480 e. The summed E-state index contributed by atoms with van der Waals surface area (Å²) >= 11 is 11.6. The van der Waals surface area contributed by atoms with Gasteiger partial charge < -0.3 is 20.5 Å². The number of carbonyl (C=O) groups is 2. The van der Waals surface area contributed by atoms with E-state index in [4.69, 9.17) is 33.0 Å². The van der Waals surface area contributed by atoms with Crippen molar-refractivity contribution in [1.29, 1.82) is 0 Å². The van der Waals surface area contributed by atoms with Gasteiger partial charge in [-0.05, 0) is 24.1 Å². The Hall–Kier alpha value is -1.66. The minimum absolute atomic E-state index is 0.155. The van der Waals surface area contributed by atoms with Crippen LogP contribution in [0.15, 0.2) is 18.2 Å². The molecule has 2 amide bonds. The van der Waals surface area contributed by atoms with E-state index < -0.39 is 18.0 Å². The molecule has 0 spiro atoms. The number of carboxylic acids is 1. The molecule has 1 atom stereocenters. The van der Waals surface area contributed by atoms with Crippen molar-refractivity contribution in [2.45, 2.75) is 19.9 Å². The maximum absolute atomic E-state index is 11.6. The molecule has 0 saturated carbocycles. The summed E-state index contributed by atoms with van der Waals surface area (Å²) in [4.78, 5) is 22.5. The van der Waals surface area contributed by atoms with E-state index in [1.165, 1.54) is 6.07 Å². The van der Waals surface area contributed by atoms with Crippen molar-refractivity contribution in [3.05, 3.63) is 28.2 Å². The van der Waals surface area contributed by atoms with Crippen LogP contribution in [0.2, 0.25) is 10.0 Å². The highest BCUT2D eigenvalue weighted by molar-refractivity contribution is 6.35. The standard InChI is InChI=1S/C13H16Cl2N2O4/c1-7(2)11(12(18)19)17-13(20)16-6-21-10-4-3-8(14)5-9(10)15/h3-5,7,11H,6H2,1-2H3,(H,18,19)(H2,16,17,20). The van der Waals surface area contributed by atoms with Crippen molar-refractivity contribution in [2.24, 2.45) is 5.92 Å². The Bertz CT molecular complexity index is 523. The fourth-order valence-electron chi connectivity index (χ4n) is 1.48. The van der Waals surface area contributed by atoms with E-state index in [0.29, 0.717) is 15.8 Å². The molecular formula is C13H16Cl2N2O4. The SMILES string of the molecule is CC(C)C(NC(=O)NCOc1ccc(Cl)cc1Cl)C(=O)O. The van der Waals surface area contributed by atoms with Crippen LogP contribution in [-0.2, 0) is 4.79 Å². The van der Waals surface area contributed by atoms with Crippen molar-refractivity contribution >= 4 is 35.2 Å². The predicted molar refractivity (Wildman–Crippen MR) is 79.9 cm³/mol. The fraction of sp³-hybridized carbons (Fsp3) is 0.385. The molecule has 1 aromatic carbocycles. The summed E-state index contributed by atoms with van der Waals surface area (Å²) in [6.07, 6.45) is 0. The molecule has 0 saturated heterocycles. The molecule has 0 fully saturated rings.